The maximum atomic E-state index is 3.20. The summed E-state index contributed by atoms with van der Waals surface area (Å²) in [6, 6.07) is 4.71. The fourth-order valence-corrected chi connectivity index (χ4v) is 2.61. The molecule has 0 amide bonds. The van der Waals surface area contributed by atoms with E-state index in [0.29, 0.717) is 0 Å². The van der Waals surface area contributed by atoms with Crippen LogP contribution < -0.4 is 10.2 Å². The summed E-state index contributed by atoms with van der Waals surface area (Å²) >= 11 is 0. The second kappa shape index (κ2) is 5.72. The summed E-state index contributed by atoms with van der Waals surface area (Å²) in [5.74, 6) is 0. The number of hydrogen-bond donors (Lipinski definition) is 1. The van der Waals surface area contributed by atoms with E-state index < -0.39 is 0 Å². The molecule has 0 saturated heterocycles. The Morgan fingerprint density at radius 1 is 1.39 bits per heavy atom. The normalized spacial score (nSPS) is 15.6. The molecule has 0 spiro atoms. The molecule has 0 aromatic heterocycles. The number of rotatable bonds is 4. The highest BCUT2D eigenvalue weighted by Crippen LogP contribution is 2.27. The summed E-state index contributed by atoms with van der Waals surface area (Å²) in [5, 5.41) is 3.20. The Hall–Kier alpha value is -1.06. The zero-order chi connectivity index (χ0) is 13.1. The van der Waals surface area contributed by atoms with Crippen molar-refractivity contribution < 1.29 is 0 Å². The summed E-state index contributed by atoms with van der Waals surface area (Å²) in [7, 11) is 6.38. The van der Waals surface area contributed by atoms with Crippen LogP contribution in [0.5, 0.6) is 0 Å². The van der Waals surface area contributed by atoms with Gasteiger partial charge in [0.05, 0.1) is 0 Å². The highest BCUT2D eigenvalue weighted by Gasteiger charge is 2.16. The van der Waals surface area contributed by atoms with Crippen molar-refractivity contribution in [3.8, 4) is 0 Å². The van der Waals surface area contributed by atoms with Gasteiger partial charge in [0.25, 0.3) is 0 Å². The molecule has 0 saturated carbocycles. The van der Waals surface area contributed by atoms with Gasteiger partial charge in [-0.25, -0.2) is 0 Å². The van der Waals surface area contributed by atoms with E-state index >= 15 is 0 Å². The number of likely N-dealkylation sites (N-methyl/N-ethyl adjacent to an activating group) is 3. The van der Waals surface area contributed by atoms with Crippen molar-refractivity contribution in [1.82, 2.24) is 10.2 Å². The average Bonchev–Trinajstić information content (AvgIpc) is 2.36. The minimum atomic E-state index is 1.02. The Balaban J connectivity index is 2.22. The van der Waals surface area contributed by atoms with Crippen LogP contribution in [0.25, 0.3) is 0 Å². The van der Waals surface area contributed by atoms with Crippen molar-refractivity contribution in [3.05, 3.63) is 28.8 Å². The lowest BCUT2D eigenvalue weighted by Gasteiger charge is -2.29. The molecule has 18 heavy (non-hydrogen) atoms. The van der Waals surface area contributed by atoms with Gasteiger partial charge in [-0.1, -0.05) is 0 Å². The number of hydrogen-bond acceptors (Lipinski definition) is 3. The Labute approximate surface area is 111 Å². The zero-order valence-corrected chi connectivity index (χ0v) is 12.1. The number of fused-ring (bicyclic) bond motifs is 1. The molecule has 0 bridgehead atoms. The van der Waals surface area contributed by atoms with Crippen molar-refractivity contribution in [1.29, 1.82) is 0 Å². The van der Waals surface area contributed by atoms with Crippen LogP contribution in [-0.2, 0) is 13.0 Å². The second-order valence-corrected chi connectivity index (χ2v) is 5.41. The van der Waals surface area contributed by atoms with Gasteiger partial charge in [0.2, 0.25) is 0 Å². The maximum absolute atomic E-state index is 3.20. The Kier molecular flexibility index (Phi) is 4.25. The minimum absolute atomic E-state index is 1.02. The van der Waals surface area contributed by atoms with Crippen molar-refractivity contribution in [3.63, 3.8) is 0 Å². The molecule has 100 valence electrons. The van der Waals surface area contributed by atoms with E-state index in [1.807, 2.05) is 7.05 Å². The molecule has 1 aliphatic rings. The lowest BCUT2D eigenvalue weighted by Crippen LogP contribution is -2.29. The van der Waals surface area contributed by atoms with Gasteiger partial charge in [-0.05, 0) is 56.3 Å². The van der Waals surface area contributed by atoms with E-state index in [0.717, 1.165) is 19.6 Å². The van der Waals surface area contributed by atoms with Gasteiger partial charge in [-0.15, -0.1) is 0 Å². The summed E-state index contributed by atoms with van der Waals surface area (Å²) in [5.41, 5.74) is 5.87. The Bertz CT molecular complexity index is 414. The monoisotopic (exact) mass is 247 g/mol. The van der Waals surface area contributed by atoms with Crippen molar-refractivity contribution >= 4 is 5.69 Å². The van der Waals surface area contributed by atoms with E-state index in [9.17, 15) is 0 Å². The topological polar surface area (TPSA) is 18.5 Å². The van der Waals surface area contributed by atoms with E-state index in [1.165, 1.54) is 29.8 Å². The molecule has 3 nitrogen and oxygen atoms in total. The Morgan fingerprint density at radius 3 is 2.89 bits per heavy atom. The molecule has 0 atom stereocenters. The molecule has 1 aliphatic heterocycles. The van der Waals surface area contributed by atoms with Gasteiger partial charge < -0.3 is 15.1 Å². The van der Waals surface area contributed by atoms with Gasteiger partial charge in [0.1, 0.15) is 0 Å². The van der Waals surface area contributed by atoms with Crippen LogP contribution in [0.1, 0.15) is 16.7 Å². The van der Waals surface area contributed by atoms with E-state index in [-0.39, 0.29) is 0 Å². The van der Waals surface area contributed by atoms with Gasteiger partial charge >= 0.3 is 0 Å². The molecule has 2 rings (SSSR count). The molecule has 0 fully saturated rings. The van der Waals surface area contributed by atoms with Crippen molar-refractivity contribution in [2.24, 2.45) is 0 Å². The number of anilines is 1. The summed E-state index contributed by atoms with van der Waals surface area (Å²) < 4.78 is 0. The minimum Gasteiger partial charge on any atom is -0.373 e. The largest absolute Gasteiger partial charge is 0.373 e. The first kappa shape index (κ1) is 13.4. The van der Waals surface area contributed by atoms with Crippen LogP contribution >= 0.6 is 0 Å². The second-order valence-electron chi connectivity index (χ2n) is 5.41. The average molecular weight is 247 g/mol. The molecule has 0 unspecified atom stereocenters. The molecular formula is C15H25N3. The van der Waals surface area contributed by atoms with Crippen LogP contribution in [0.4, 0.5) is 5.69 Å². The number of nitrogens with zero attached hydrogens (tertiary/aromatic N) is 2. The van der Waals surface area contributed by atoms with Gasteiger partial charge in [0.15, 0.2) is 0 Å². The Morgan fingerprint density at radius 2 is 2.17 bits per heavy atom. The third-order valence-electron chi connectivity index (χ3n) is 3.88. The van der Waals surface area contributed by atoms with Crippen molar-refractivity contribution in [2.45, 2.75) is 19.9 Å². The summed E-state index contributed by atoms with van der Waals surface area (Å²) in [6.07, 6.45) is 1.18. The smallest absolute Gasteiger partial charge is 0.0369 e. The predicted octanol–water partition coefficient (Wildman–Crippen LogP) is 1.64. The van der Waals surface area contributed by atoms with Crippen LogP contribution in [0.2, 0.25) is 0 Å². The standard InChI is InChI=1S/C15H25N3/c1-12-9-14(18(4)8-6-16-2)10-13-5-7-17(3)11-15(12)13/h9-10,16H,5-8,11H2,1-4H3. The molecule has 0 aliphatic carbocycles. The van der Waals surface area contributed by atoms with Gasteiger partial charge in [-0.2, -0.15) is 0 Å². The first-order chi connectivity index (χ1) is 8.61. The molecule has 1 aromatic rings. The van der Waals surface area contributed by atoms with E-state index in [4.69, 9.17) is 0 Å². The fraction of sp³-hybridized carbons (Fsp3) is 0.600. The SMILES string of the molecule is CNCCN(C)c1cc(C)c2c(c1)CCN(C)C2. The lowest BCUT2D eigenvalue weighted by atomic mass is 9.94. The molecule has 1 heterocycles. The van der Waals surface area contributed by atoms with Crippen molar-refractivity contribution in [2.75, 3.05) is 45.7 Å². The first-order valence-corrected chi connectivity index (χ1v) is 6.78. The van der Waals surface area contributed by atoms with Crippen LogP contribution in [-0.4, -0.2) is 45.7 Å². The van der Waals surface area contributed by atoms with Crippen LogP contribution in [0.3, 0.4) is 0 Å². The number of benzene rings is 1. The predicted molar refractivity (Wildman–Crippen MR) is 78.4 cm³/mol. The fourth-order valence-electron chi connectivity index (χ4n) is 2.61. The molecule has 1 N–H and O–H groups in total. The van der Waals surface area contributed by atoms with E-state index in [1.54, 1.807) is 5.56 Å². The molecular weight excluding hydrogens is 222 g/mol. The first-order valence-electron chi connectivity index (χ1n) is 6.78. The van der Waals surface area contributed by atoms with Gasteiger partial charge in [0, 0.05) is 38.9 Å². The zero-order valence-electron chi connectivity index (χ0n) is 12.1. The summed E-state index contributed by atoms with van der Waals surface area (Å²) in [4.78, 5) is 4.74. The molecule has 3 heteroatoms. The highest BCUT2D eigenvalue weighted by molar-refractivity contribution is 5.54. The van der Waals surface area contributed by atoms with Crippen LogP contribution in [0, 0.1) is 6.92 Å². The molecule has 0 radical (unpaired) electrons. The number of aryl methyl sites for hydroxylation is 1. The van der Waals surface area contributed by atoms with Crippen LogP contribution in [0.15, 0.2) is 12.1 Å². The third kappa shape index (κ3) is 2.85. The van der Waals surface area contributed by atoms with Gasteiger partial charge in [-0.3, -0.25) is 0 Å². The highest BCUT2D eigenvalue weighted by atomic mass is 15.1. The lowest BCUT2D eigenvalue weighted by molar-refractivity contribution is 0.312. The van der Waals surface area contributed by atoms with E-state index in [2.05, 4.69) is 48.3 Å². The summed E-state index contributed by atoms with van der Waals surface area (Å²) in [6.45, 7) is 6.59. The number of nitrogens with one attached hydrogen (secondary N) is 1. The third-order valence-corrected chi connectivity index (χ3v) is 3.88. The maximum Gasteiger partial charge on any atom is 0.0369 e. The quantitative estimate of drug-likeness (QED) is 0.872. The molecule has 1 aromatic carbocycles.